The highest BCUT2D eigenvalue weighted by Crippen LogP contribution is 2.32. The van der Waals surface area contributed by atoms with Crippen LogP contribution in [0.15, 0.2) is 0 Å². The number of nitrogens with one attached hydrogen (secondary N) is 2. The minimum absolute atomic E-state index is 0.175. The molecule has 1 atom stereocenters. The maximum atomic E-state index is 12.3. The lowest BCUT2D eigenvalue weighted by Crippen LogP contribution is -2.42. The van der Waals surface area contributed by atoms with E-state index in [4.69, 9.17) is 0 Å². The summed E-state index contributed by atoms with van der Waals surface area (Å²) in [7, 11) is 0. The molecule has 1 unspecified atom stereocenters. The Balaban J connectivity index is 1.52. The largest absolute Gasteiger partial charge is 0.356 e. The van der Waals surface area contributed by atoms with Crippen LogP contribution in [-0.2, 0) is 9.59 Å². The Morgan fingerprint density at radius 3 is 1.71 bits per heavy atom. The van der Waals surface area contributed by atoms with Crippen molar-refractivity contribution in [3.63, 3.8) is 0 Å². The van der Waals surface area contributed by atoms with Crippen LogP contribution in [0.3, 0.4) is 0 Å². The van der Waals surface area contributed by atoms with E-state index in [0.717, 1.165) is 70.0 Å². The Bertz CT molecular complexity index is 579. The maximum Gasteiger partial charge on any atom is 0.221 e. The quantitative estimate of drug-likeness (QED) is 0.391. The van der Waals surface area contributed by atoms with Gasteiger partial charge in [-0.15, -0.1) is 0 Å². The number of piperidine rings is 2. The van der Waals surface area contributed by atoms with Gasteiger partial charge in [0, 0.05) is 38.5 Å². The van der Waals surface area contributed by atoms with Gasteiger partial charge in [0.2, 0.25) is 11.8 Å². The first-order chi connectivity index (χ1) is 16.2. The summed E-state index contributed by atoms with van der Waals surface area (Å²) in [6, 6.07) is 0.228. The minimum Gasteiger partial charge on any atom is -0.356 e. The van der Waals surface area contributed by atoms with Crippen LogP contribution >= 0.6 is 0 Å². The molecule has 2 amide bonds. The van der Waals surface area contributed by atoms with Crippen LogP contribution in [0.2, 0.25) is 0 Å². The van der Waals surface area contributed by atoms with Gasteiger partial charge in [0.25, 0.3) is 0 Å². The Morgan fingerprint density at radius 2 is 1.24 bits per heavy atom. The second-order valence-corrected chi connectivity index (χ2v) is 11.8. The molecule has 0 aromatic rings. The van der Waals surface area contributed by atoms with Crippen molar-refractivity contribution in [2.75, 3.05) is 45.8 Å². The monoisotopic (exact) mass is 478 g/mol. The highest BCUT2D eigenvalue weighted by atomic mass is 16.2. The molecule has 34 heavy (non-hydrogen) atoms. The average Bonchev–Trinajstić information content (AvgIpc) is 2.80. The lowest BCUT2D eigenvalue weighted by atomic mass is 9.79. The SMILES string of the molecule is CC(C)CCC(C)CCNC(=O)CCN1CCC(C2CCN(CCC(=O)NC(C)C)CC2)CC1. The molecule has 2 N–H and O–H groups in total. The molecule has 0 aromatic carbocycles. The molecule has 0 aliphatic carbocycles. The Hall–Kier alpha value is -1.14. The van der Waals surface area contributed by atoms with Crippen molar-refractivity contribution in [2.45, 2.75) is 98.4 Å². The average molecular weight is 479 g/mol. The van der Waals surface area contributed by atoms with E-state index in [-0.39, 0.29) is 17.9 Å². The molecule has 6 heteroatoms. The third kappa shape index (κ3) is 12.0. The first-order valence-corrected chi connectivity index (χ1v) is 14.2. The summed E-state index contributed by atoms with van der Waals surface area (Å²) >= 11 is 0. The molecule has 0 aromatic heterocycles. The highest BCUT2D eigenvalue weighted by molar-refractivity contribution is 5.76. The Morgan fingerprint density at radius 1 is 0.735 bits per heavy atom. The zero-order chi connectivity index (χ0) is 24.9. The van der Waals surface area contributed by atoms with Crippen molar-refractivity contribution in [2.24, 2.45) is 23.7 Å². The van der Waals surface area contributed by atoms with E-state index in [2.05, 4.69) is 41.2 Å². The van der Waals surface area contributed by atoms with E-state index in [1.807, 2.05) is 13.8 Å². The number of hydrogen-bond acceptors (Lipinski definition) is 4. The molecule has 2 heterocycles. The molecule has 2 fully saturated rings. The lowest BCUT2D eigenvalue weighted by molar-refractivity contribution is -0.122. The molecule has 0 spiro atoms. The van der Waals surface area contributed by atoms with Gasteiger partial charge in [-0.2, -0.15) is 0 Å². The summed E-state index contributed by atoms with van der Waals surface area (Å²) in [5, 5.41) is 6.13. The van der Waals surface area contributed by atoms with Crippen molar-refractivity contribution in [3.8, 4) is 0 Å². The van der Waals surface area contributed by atoms with E-state index >= 15 is 0 Å². The number of hydrogen-bond donors (Lipinski definition) is 2. The smallest absolute Gasteiger partial charge is 0.221 e. The van der Waals surface area contributed by atoms with Crippen LogP contribution in [0.5, 0.6) is 0 Å². The minimum atomic E-state index is 0.175. The summed E-state index contributed by atoms with van der Waals surface area (Å²) < 4.78 is 0. The van der Waals surface area contributed by atoms with Crippen LogP contribution in [-0.4, -0.2) is 73.5 Å². The molecule has 0 radical (unpaired) electrons. The second-order valence-electron chi connectivity index (χ2n) is 11.8. The van der Waals surface area contributed by atoms with Gasteiger partial charge in [0.1, 0.15) is 0 Å². The standard InChI is InChI=1S/C28H54N4O2/c1-22(2)6-7-24(5)8-15-29-27(33)13-20-31-16-9-25(10-17-31)26-11-18-32(19-12-26)21-14-28(34)30-23(3)4/h22-26H,6-21H2,1-5H3,(H,29,33)(H,30,34). The van der Waals surface area contributed by atoms with Gasteiger partial charge in [-0.1, -0.05) is 33.6 Å². The predicted molar refractivity (Wildman–Crippen MR) is 142 cm³/mol. The van der Waals surface area contributed by atoms with Crippen LogP contribution in [0.25, 0.3) is 0 Å². The number of rotatable bonds is 14. The molecule has 2 aliphatic heterocycles. The van der Waals surface area contributed by atoms with Gasteiger partial charge in [0.05, 0.1) is 0 Å². The third-order valence-corrected chi connectivity index (χ3v) is 7.89. The fourth-order valence-corrected chi connectivity index (χ4v) is 5.52. The van der Waals surface area contributed by atoms with Crippen molar-refractivity contribution in [3.05, 3.63) is 0 Å². The number of carbonyl (C=O) groups excluding carboxylic acids is 2. The van der Waals surface area contributed by atoms with Gasteiger partial charge >= 0.3 is 0 Å². The van der Waals surface area contributed by atoms with Crippen LogP contribution in [0, 0.1) is 23.7 Å². The predicted octanol–water partition coefficient (Wildman–Crippen LogP) is 4.29. The van der Waals surface area contributed by atoms with Gasteiger partial charge in [0.15, 0.2) is 0 Å². The summed E-state index contributed by atoms with van der Waals surface area (Å²) in [5.74, 6) is 3.52. The molecule has 2 aliphatic rings. The van der Waals surface area contributed by atoms with E-state index in [0.29, 0.717) is 18.8 Å². The van der Waals surface area contributed by atoms with Crippen LogP contribution < -0.4 is 10.6 Å². The molecular formula is C28H54N4O2. The summed E-state index contributed by atoms with van der Waals surface area (Å²) in [4.78, 5) is 29.1. The number of carbonyl (C=O) groups is 2. The number of nitrogens with zero attached hydrogens (tertiary/aromatic N) is 2. The first kappa shape index (κ1) is 29.1. The molecule has 2 saturated heterocycles. The van der Waals surface area contributed by atoms with Crippen molar-refractivity contribution in [1.82, 2.24) is 20.4 Å². The first-order valence-electron chi connectivity index (χ1n) is 14.2. The summed E-state index contributed by atoms with van der Waals surface area (Å²) in [5.41, 5.74) is 0. The Labute approximate surface area is 210 Å². The molecule has 0 bridgehead atoms. The molecule has 2 rings (SSSR count). The van der Waals surface area contributed by atoms with Crippen molar-refractivity contribution >= 4 is 11.8 Å². The molecular weight excluding hydrogens is 424 g/mol. The van der Waals surface area contributed by atoms with E-state index < -0.39 is 0 Å². The van der Waals surface area contributed by atoms with Crippen molar-refractivity contribution in [1.29, 1.82) is 0 Å². The van der Waals surface area contributed by atoms with Gasteiger partial charge in [-0.3, -0.25) is 9.59 Å². The zero-order valence-electron chi connectivity index (χ0n) is 22.9. The number of likely N-dealkylation sites (tertiary alicyclic amines) is 2. The maximum absolute atomic E-state index is 12.3. The van der Waals surface area contributed by atoms with E-state index in [1.165, 1.54) is 38.5 Å². The van der Waals surface area contributed by atoms with Crippen molar-refractivity contribution < 1.29 is 9.59 Å². The second kappa shape index (κ2) is 15.8. The lowest BCUT2D eigenvalue weighted by Gasteiger charge is -2.40. The molecule has 0 saturated carbocycles. The van der Waals surface area contributed by atoms with Crippen LogP contribution in [0.1, 0.15) is 92.4 Å². The van der Waals surface area contributed by atoms with E-state index in [9.17, 15) is 9.59 Å². The third-order valence-electron chi connectivity index (χ3n) is 7.89. The zero-order valence-corrected chi connectivity index (χ0v) is 22.9. The molecule has 198 valence electrons. The summed E-state index contributed by atoms with van der Waals surface area (Å²) in [6.07, 6.45) is 9.97. The fraction of sp³-hybridized carbons (Fsp3) is 0.929. The Kier molecular flexibility index (Phi) is 13.5. The topological polar surface area (TPSA) is 64.7 Å². The normalized spacial score (nSPS) is 20.1. The van der Waals surface area contributed by atoms with Gasteiger partial charge in [-0.05, 0) is 95.8 Å². The highest BCUT2D eigenvalue weighted by Gasteiger charge is 2.29. The van der Waals surface area contributed by atoms with E-state index in [1.54, 1.807) is 0 Å². The fourth-order valence-electron chi connectivity index (χ4n) is 5.52. The number of amides is 2. The van der Waals surface area contributed by atoms with Crippen LogP contribution in [0.4, 0.5) is 0 Å². The van der Waals surface area contributed by atoms with Gasteiger partial charge < -0.3 is 20.4 Å². The molecule has 6 nitrogen and oxygen atoms in total. The summed E-state index contributed by atoms with van der Waals surface area (Å²) in [6.45, 7) is 18.0. The van der Waals surface area contributed by atoms with Gasteiger partial charge in [-0.25, -0.2) is 0 Å².